The van der Waals surface area contributed by atoms with Crippen LogP contribution >= 0.6 is 34.5 Å². The number of pyridine rings is 1. The number of hydrogen-bond donors (Lipinski definition) is 3. The van der Waals surface area contributed by atoms with Crippen molar-refractivity contribution in [3.63, 3.8) is 0 Å². The number of urea groups is 1. The molecule has 3 N–H and O–H groups in total. The highest BCUT2D eigenvalue weighted by Gasteiger charge is 2.20. The molecule has 12 heteroatoms. The van der Waals surface area contributed by atoms with Crippen LogP contribution in [0.25, 0.3) is 16.5 Å². The number of hydrogen-bond acceptors (Lipinski definition) is 6. The van der Waals surface area contributed by atoms with E-state index in [2.05, 4.69) is 10.6 Å². The number of halogens is 2. The number of thiophene rings is 1. The molecule has 0 aliphatic carbocycles. The van der Waals surface area contributed by atoms with Crippen molar-refractivity contribution < 1.29 is 13.2 Å². The third kappa shape index (κ3) is 5.05. The lowest BCUT2D eigenvalue weighted by Gasteiger charge is -2.12. The number of aromatic nitrogens is 1. The summed E-state index contributed by atoms with van der Waals surface area (Å²) in [5.41, 5.74) is 1.33. The molecule has 0 unspecified atom stereocenters. The second-order valence-electron chi connectivity index (χ2n) is 7.11. The minimum Gasteiger partial charge on any atom is -0.385 e. The molecule has 0 bridgehead atoms. The first-order chi connectivity index (χ1) is 16.2. The second kappa shape index (κ2) is 9.67. The second-order valence-corrected chi connectivity index (χ2v) is 11.1. The Kier molecular flexibility index (Phi) is 6.85. The van der Waals surface area contributed by atoms with Crippen LogP contribution in [0.2, 0.25) is 9.36 Å². The van der Waals surface area contributed by atoms with Gasteiger partial charge in [-0.15, -0.1) is 11.3 Å². The van der Waals surface area contributed by atoms with Crippen LogP contribution in [0, 0.1) is 0 Å². The van der Waals surface area contributed by atoms with E-state index in [4.69, 9.17) is 23.2 Å². The Morgan fingerprint density at radius 2 is 1.79 bits per heavy atom. The van der Waals surface area contributed by atoms with Crippen molar-refractivity contribution in [2.24, 2.45) is 0 Å². The average molecular weight is 537 g/mol. The SMILES string of the molecule is CCNc1ccc2c(=O)n(-c3ccc(NC(=O)NS(=O)(=O)c4ccc(Cl)s4)cc3Cl)ccc2c1. The van der Waals surface area contributed by atoms with E-state index in [-0.39, 0.29) is 24.8 Å². The molecule has 0 aliphatic rings. The van der Waals surface area contributed by atoms with Crippen LogP contribution in [-0.2, 0) is 10.0 Å². The highest BCUT2D eigenvalue weighted by Crippen LogP contribution is 2.27. The maximum absolute atomic E-state index is 13.0. The van der Waals surface area contributed by atoms with Crippen molar-refractivity contribution in [1.29, 1.82) is 0 Å². The Balaban J connectivity index is 1.56. The molecule has 176 valence electrons. The fourth-order valence-electron chi connectivity index (χ4n) is 3.30. The van der Waals surface area contributed by atoms with Gasteiger partial charge in [-0.3, -0.25) is 9.36 Å². The van der Waals surface area contributed by atoms with Gasteiger partial charge in [0, 0.05) is 29.5 Å². The number of fused-ring (bicyclic) bond motifs is 1. The van der Waals surface area contributed by atoms with Crippen molar-refractivity contribution in [2.45, 2.75) is 11.1 Å². The summed E-state index contributed by atoms with van der Waals surface area (Å²) >= 11 is 13.0. The smallest absolute Gasteiger partial charge is 0.333 e. The summed E-state index contributed by atoms with van der Waals surface area (Å²) in [5.74, 6) is 0. The van der Waals surface area contributed by atoms with Gasteiger partial charge < -0.3 is 10.6 Å². The van der Waals surface area contributed by atoms with Gasteiger partial charge in [0.1, 0.15) is 4.21 Å². The van der Waals surface area contributed by atoms with E-state index in [0.717, 1.165) is 29.0 Å². The number of carbonyl (C=O) groups is 1. The number of carbonyl (C=O) groups excluding carboxylic acids is 1. The van der Waals surface area contributed by atoms with Crippen LogP contribution in [0.5, 0.6) is 0 Å². The van der Waals surface area contributed by atoms with Gasteiger partial charge in [0.25, 0.3) is 15.6 Å². The molecule has 8 nitrogen and oxygen atoms in total. The van der Waals surface area contributed by atoms with E-state index in [0.29, 0.717) is 11.1 Å². The Hall–Kier alpha value is -3.05. The zero-order valence-electron chi connectivity index (χ0n) is 17.6. The van der Waals surface area contributed by atoms with Crippen LogP contribution in [0.1, 0.15) is 6.92 Å². The average Bonchev–Trinajstić information content (AvgIpc) is 3.22. The number of benzene rings is 2. The Bertz CT molecular complexity index is 1560. The van der Waals surface area contributed by atoms with Crippen LogP contribution in [0.4, 0.5) is 16.2 Å². The fraction of sp³-hybridized carbons (Fsp3) is 0.0909. The quantitative estimate of drug-likeness (QED) is 0.309. The summed E-state index contributed by atoms with van der Waals surface area (Å²) in [6, 6.07) is 13.6. The maximum atomic E-state index is 13.0. The molecule has 2 aromatic heterocycles. The molecule has 2 amide bonds. The number of sulfonamides is 1. The Morgan fingerprint density at radius 3 is 2.47 bits per heavy atom. The minimum atomic E-state index is -4.06. The van der Waals surface area contributed by atoms with Gasteiger partial charge in [-0.2, -0.15) is 0 Å². The predicted molar refractivity (Wildman–Crippen MR) is 137 cm³/mol. The number of rotatable bonds is 6. The van der Waals surface area contributed by atoms with Gasteiger partial charge in [0.2, 0.25) is 0 Å². The summed E-state index contributed by atoms with van der Waals surface area (Å²) in [6.45, 7) is 2.76. The molecule has 0 saturated heterocycles. The van der Waals surface area contributed by atoms with Gasteiger partial charge >= 0.3 is 6.03 Å². The highest BCUT2D eigenvalue weighted by atomic mass is 35.5. The molecular formula is C22H18Cl2N4O4S2. The van der Waals surface area contributed by atoms with Crippen molar-refractivity contribution in [2.75, 3.05) is 17.2 Å². The zero-order valence-corrected chi connectivity index (χ0v) is 20.8. The van der Waals surface area contributed by atoms with Crippen LogP contribution < -0.4 is 20.9 Å². The first-order valence-corrected chi connectivity index (χ1v) is 13.0. The molecule has 4 rings (SSSR count). The number of amides is 2. The summed E-state index contributed by atoms with van der Waals surface area (Å²) in [5, 5.41) is 7.14. The molecule has 2 aromatic carbocycles. The monoisotopic (exact) mass is 536 g/mol. The lowest BCUT2D eigenvalue weighted by molar-refractivity contribution is 0.256. The minimum absolute atomic E-state index is 0.0886. The van der Waals surface area contributed by atoms with Gasteiger partial charge in [-0.25, -0.2) is 17.9 Å². The van der Waals surface area contributed by atoms with Gasteiger partial charge in [0.05, 0.1) is 15.0 Å². The fourth-order valence-corrected chi connectivity index (χ4v) is 5.96. The molecule has 4 aromatic rings. The van der Waals surface area contributed by atoms with Crippen molar-refractivity contribution in [3.8, 4) is 5.69 Å². The Morgan fingerprint density at radius 1 is 1.03 bits per heavy atom. The van der Waals surface area contributed by atoms with E-state index >= 15 is 0 Å². The van der Waals surface area contributed by atoms with Crippen LogP contribution in [0.15, 0.2) is 69.8 Å². The van der Waals surface area contributed by atoms with Crippen molar-refractivity contribution in [1.82, 2.24) is 9.29 Å². The Labute approximate surface area is 209 Å². The number of anilines is 2. The van der Waals surface area contributed by atoms with E-state index in [9.17, 15) is 18.0 Å². The van der Waals surface area contributed by atoms with E-state index < -0.39 is 16.1 Å². The van der Waals surface area contributed by atoms with Crippen molar-refractivity contribution >= 4 is 72.7 Å². The number of nitrogens with zero attached hydrogens (tertiary/aromatic N) is 1. The normalized spacial score (nSPS) is 11.4. The van der Waals surface area contributed by atoms with Gasteiger partial charge in [-0.1, -0.05) is 23.2 Å². The van der Waals surface area contributed by atoms with Gasteiger partial charge in [-0.05, 0) is 66.9 Å². The summed E-state index contributed by atoms with van der Waals surface area (Å²) in [7, 11) is -4.06. The predicted octanol–water partition coefficient (Wildman–Crippen LogP) is 5.30. The third-order valence-corrected chi connectivity index (χ3v) is 8.15. The van der Waals surface area contributed by atoms with E-state index in [1.54, 1.807) is 18.3 Å². The highest BCUT2D eigenvalue weighted by molar-refractivity contribution is 7.92. The first kappa shape index (κ1) is 24.1. The molecule has 0 spiro atoms. The van der Waals surface area contributed by atoms with E-state index in [1.807, 2.05) is 29.8 Å². The molecule has 2 heterocycles. The van der Waals surface area contributed by atoms with Gasteiger partial charge in [0.15, 0.2) is 0 Å². The van der Waals surface area contributed by atoms with Crippen molar-refractivity contribution in [3.05, 3.63) is 80.5 Å². The largest absolute Gasteiger partial charge is 0.385 e. The lowest BCUT2D eigenvalue weighted by Crippen LogP contribution is -2.33. The topological polar surface area (TPSA) is 109 Å². The molecule has 0 radical (unpaired) electrons. The zero-order chi connectivity index (χ0) is 24.5. The molecule has 0 aliphatic heterocycles. The molecular weight excluding hydrogens is 519 g/mol. The first-order valence-electron chi connectivity index (χ1n) is 9.96. The third-order valence-electron chi connectivity index (χ3n) is 4.79. The standard InChI is InChI=1S/C22H18Cl2N4O4S2/c1-2-25-14-3-5-16-13(11-14)9-10-28(21(16)29)18-6-4-15(12-17(18)23)26-22(30)27-34(31,32)20-8-7-19(24)33-20/h3-12,25H,2H2,1H3,(H2,26,27,30). The lowest BCUT2D eigenvalue weighted by atomic mass is 10.1. The molecule has 34 heavy (non-hydrogen) atoms. The number of nitrogens with one attached hydrogen (secondary N) is 3. The summed E-state index contributed by atoms with van der Waals surface area (Å²) < 4.78 is 28.0. The molecule has 0 saturated carbocycles. The van der Waals surface area contributed by atoms with Crippen LogP contribution in [0.3, 0.4) is 0 Å². The summed E-state index contributed by atoms with van der Waals surface area (Å²) in [4.78, 5) is 25.3. The van der Waals surface area contributed by atoms with Crippen LogP contribution in [-0.4, -0.2) is 25.6 Å². The molecule has 0 fully saturated rings. The maximum Gasteiger partial charge on any atom is 0.333 e. The summed E-state index contributed by atoms with van der Waals surface area (Å²) in [6.07, 6.45) is 1.63. The van der Waals surface area contributed by atoms with E-state index in [1.165, 1.54) is 28.8 Å². The molecule has 0 atom stereocenters.